The first-order valence-electron chi connectivity index (χ1n) is 3.82. The summed E-state index contributed by atoms with van der Waals surface area (Å²) in [5.74, 6) is 0. The summed E-state index contributed by atoms with van der Waals surface area (Å²) in [6, 6.07) is 11.5. The van der Waals surface area contributed by atoms with Gasteiger partial charge in [0.05, 0.1) is 0 Å². The molecular formula is C10H10N2. The van der Waals surface area contributed by atoms with Crippen LogP contribution in [0.4, 0.5) is 11.4 Å². The lowest BCUT2D eigenvalue weighted by Crippen LogP contribution is -1.87. The van der Waals surface area contributed by atoms with E-state index >= 15 is 0 Å². The van der Waals surface area contributed by atoms with Crippen molar-refractivity contribution in [2.45, 2.75) is 0 Å². The summed E-state index contributed by atoms with van der Waals surface area (Å²) < 4.78 is 0. The van der Waals surface area contributed by atoms with E-state index in [1.165, 1.54) is 0 Å². The molecule has 0 heterocycles. The fourth-order valence-corrected chi connectivity index (χ4v) is 1.36. The first-order chi connectivity index (χ1) is 5.79. The third-order valence-electron chi connectivity index (χ3n) is 1.99. The van der Waals surface area contributed by atoms with E-state index in [0.717, 1.165) is 22.5 Å². The van der Waals surface area contributed by atoms with Gasteiger partial charge in [0.15, 0.2) is 0 Å². The molecule has 0 unspecified atom stereocenters. The summed E-state index contributed by atoms with van der Waals surface area (Å²) in [7, 11) is 0. The topological polar surface area (TPSA) is 52.0 Å². The Morgan fingerprint density at radius 1 is 0.667 bits per heavy atom. The van der Waals surface area contributed by atoms with Crippen molar-refractivity contribution in [1.29, 1.82) is 0 Å². The van der Waals surface area contributed by atoms with E-state index in [9.17, 15) is 0 Å². The van der Waals surface area contributed by atoms with Crippen LogP contribution in [0.3, 0.4) is 0 Å². The van der Waals surface area contributed by atoms with Crippen LogP contribution in [-0.4, -0.2) is 0 Å². The summed E-state index contributed by atoms with van der Waals surface area (Å²) >= 11 is 0. The van der Waals surface area contributed by atoms with Gasteiger partial charge in [-0.1, -0.05) is 24.3 Å². The van der Waals surface area contributed by atoms with Crippen molar-refractivity contribution >= 4 is 11.4 Å². The second kappa shape index (κ2) is 2.41. The number of anilines is 2. The molecule has 0 saturated carbocycles. The standard InChI is InChI=1S/C10H10N2/c11-9-5-2-6-10(12)8-4-1-3-7(8)9/h1-6H,11-12H2. The molecule has 0 aliphatic heterocycles. The molecular weight excluding hydrogens is 148 g/mol. The summed E-state index contributed by atoms with van der Waals surface area (Å²) in [6.45, 7) is 0. The minimum absolute atomic E-state index is 0.770. The second-order valence-corrected chi connectivity index (χ2v) is 2.79. The summed E-state index contributed by atoms with van der Waals surface area (Å²) in [6.07, 6.45) is 0. The minimum atomic E-state index is 0.770. The summed E-state index contributed by atoms with van der Waals surface area (Å²) in [5, 5.41) is 0. The Balaban J connectivity index is 2.82. The molecule has 0 amide bonds. The highest BCUT2D eigenvalue weighted by atomic mass is 14.6. The lowest BCUT2D eigenvalue weighted by Gasteiger charge is -1.98. The van der Waals surface area contributed by atoms with Gasteiger partial charge in [-0.25, -0.2) is 0 Å². The molecule has 2 rings (SSSR count). The highest BCUT2D eigenvalue weighted by Gasteiger charge is 2.05. The fraction of sp³-hybridized carbons (Fsp3) is 0. The molecule has 0 bridgehead atoms. The maximum Gasteiger partial charge on any atom is 0.0394 e. The molecule has 0 atom stereocenters. The molecule has 0 aromatic rings. The Morgan fingerprint density at radius 2 is 1.08 bits per heavy atom. The van der Waals surface area contributed by atoms with Crippen molar-refractivity contribution in [2.75, 3.05) is 11.5 Å². The molecule has 2 heteroatoms. The van der Waals surface area contributed by atoms with E-state index in [1.807, 2.05) is 36.4 Å². The Morgan fingerprint density at radius 3 is 1.58 bits per heavy atom. The molecule has 0 spiro atoms. The largest absolute Gasteiger partial charge is 0.398 e. The van der Waals surface area contributed by atoms with Crippen LogP contribution in [0.15, 0.2) is 36.4 Å². The predicted molar refractivity (Wildman–Crippen MR) is 51.9 cm³/mol. The lowest BCUT2D eigenvalue weighted by molar-refractivity contribution is 1.77. The van der Waals surface area contributed by atoms with Crippen molar-refractivity contribution in [3.05, 3.63) is 36.4 Å². The van der Waals surface area contributed by atoms with E-state index < -0.39 is 0 Å². The minimum Gasteiger partial charge on any atom is -0.398 e. The zero-order valence-electron chi connectivity index (χ0n) is 6.62. The number of nitrogen functional groups attached to an aromatic ring is 2. The quantitative estimate of drug-likeness (QED) is 0.615. The fourth-order valence-electron chi connectivity index (χ4n) is 1.36. The number of hydrogen-bond acceptors (Lipinski definition) is 2. The van der Waals surface area contributed by atoms with Crippen LogP contribution < -0.4 is 11.5 Å². The van der Waals surface area contributed by atoms with E-state index in [2.05, 4.69) is 0 Å². The van der Waals surface area contributed by atoms with Gasteiger partial charge in [-0.3, -0.25) is 0 Å². The monoisotopic (exact) mass is 158 g/mol. The molecule has 0 radical (unpaired) electrons. The average molecular weight is 158 g/mol. The molecule has 2 aliphatic rings. The highest BCUT2D eigenvalue weighted by Crippen LogP contribution is 2.31. The Hall–Kier alpha value is -1.70. The Bertz CT molecular complexity index is 348. The van der Waals surface area contributed by atoms with Crippen molar-refractivity contribution in [2.24, 2.45) is 0 Å². The molecule has 0 saturated heterocycles. The van der Waals surface area contributed by atoms with Crippen LogP contribution in [0, 0.1) is 0 Å². The molecule has 12 heavy (non-hydrogen) atoms. The van der Waals surface area contributed by atoms with Crippen molar-refractivity contribution in [3.63, 3.8) is 0 Å². The van der Waals surface area contributed by atoms with Gasteiger partial charge < -0.3 is 11.5 Å². The van der Waals surface area contributed by atoms with Gasteiger partial charge in [0.2, 0.25) is 0 Å². The Kier molecular flexibility index (Phi) is 1.40. The predicted octanol–water partition coefficient (Wildman–Crippen LogP) is 1.96. The van der Waals surface area contributed by atoms with Gasteiger partial charge in [0, 0.05) is 22.5 Å². The number of nitrogens with two attached hydrogens (primary N) is 2. The molecule has 2 nitrogen and oxygen atoms in total. The van der Waals surface area contributed by atoms with E-state index in [-0.39, 0.29) is 0 Å². The summed E-state index contributed by atoms with van der Waals surface area (Å²) in [5.41, 5.74) is 15.2. The number of fused-ring (bicyclic) bond motifs is 1. The third kappa shape index (κ3) is 0.889. The maximum absolute atomic E-state index is 5.79. The number of rotatable bonds is 0. The van der Waals surface area contributed by atoms with E-state index in [0.29, 0.717) is 0 Å². The van der Waals surface area contributed by atoms with Gasteiger partial charge in [-0.05, 0) is 12.1 Å². The Labute approximate surface area is 71.1 Å². The van der Waals surface area contributed by atoms with Crippen LogP contribution in [0.25, 0.3) is 11.1 Å². The SMILES string of the molecule is Nc1cccc(N)c2cccc1-2. The van der Waals surface area contributed by atoms with Crippen LogP contribution in [0.1, 0.15) is 0 Å². The molecule has 0 fully saturated rings. The number of hydrogen-bond donors (Lipinski definition) is 2. The van der Waals surface area contributed by atoms with Crippen LogP contribution in [0.5, 0.6) is 0 Å². The molecule has 0 aromatic carbocycles. The van der Waals surface area contributed by atoms with Crippen molar-refractivity contribution in [3.8, 4) is 11.1 Å². The van der Waals surface area contributed by atoms with Crippen LogP contribution >= 0.6 is 0 Å². The van der Waals surface area contributed by atoms with Crippen LogP contribution in [-0.2, 0) is 0 Å². The molecule has 4 N–H and O–H groups in total. The van der Waals surface area contributed by atoms with Gasteiger partial charge in [0.25, 0.3) is 0 Å². The maximum atomic E-state index is 5.79. The smallest absolute Gasteiger partial charge is 0.0394 e. The first-order valence-corrected chi connectivity index (χ1v) is 3.82. The average Bonchev–Trinajstić information content (AvgIpc) is 2.47. The zero-order valence-corrected chi connectivity index (χ0v) is 6.62. The van der Waals surface area contributed by atoms with Gasteiger partial charge >= 0.3 is 0 Å². The van der Waals surface area contributed by atoms with Crippen LogP contribution in [0.2, 0.25) is 0 Å². The first kappa shape index (κ1) is 6.98. The van der Waals surface area contributed by atoms with E-state index in [1.54, 1.807) is 0 Å². The second-order valence-electron chi connectivity index (χ2n) is 2.79. The summed E-state index contributed by atoms with van der Waals surface area (Å²) in [4.78, 5) is 0. The van der Waals surface area contributed by atoms with Gasteiger partial charge in [-0.15, -0.1) is 0 Å². The lowest BCUT2D eigenvalue weighted by atomic mass is 10.1. The third-order valence-corrected chi connectivity index (χ3v) is 1.99. The highest BCUT2D eigenvalue weighted by molar-refractivity contribution is 5.85. The normalized spacial score (nSPS) is 10.3. The van der Waals surface area contributed by atoms with Gasteiger partial charge in [0.1, 0.15) is 0 Å². The van der Waals surface area contributed by atoms with E-state index in [4.69, 9.17) is 11.5 Å². The molecule has 2 aliphatic carbocycles. The zero-order chi connectivity index (χ0) is 8.55. The van der Waals surface area contributed by atoms with Crippen molar-refractivity contribution in [1.82, 2.24) is 0 Å². The molecule has 0 aromatic heterocycles. The van der Waals surface area contributed by atoms with Crippen molar-refractivity contribution < 1.29 is 0 Å². The van der Waals surface area contributed by atoms with Gasteiger partial charge in [-0.2, -0.15) is 0 Å². The molecule has 60 valence electrons.